The highest BCUT2D eigenvalue weighted by Crippen LogP contribution is 2.32. The zero-order valence-electron chi connectivity index (χ0n) is 12.8. The Balaban J connectivity index is 1.81. The Kier molecular flexibility index (Phi) is 4.42. The van der Waals surface area contributed by atoms with Gasteiger partial charge in [0.25, 0.3) is 0 Å². The molecule has 3 aromatic rings. The second-order valence-corrected chi connectivity index (χ2v) is 5.14. The van der Waals surface area contributed by atoms with Gasteiger partial charge in [0.2, 0.25) is 0 Å². The molecule has 0 fully saturated rings. The minimum absolute atomic E-state index is 0.0983. The summed E-state index contributed by atoms with van der Waals surface area (Å²) in [6.07, 6.45) is -4.59. The summed E-state index contributed by atoms with van der Waals surface area (Å²) in [4.78, 5) is 15.5. The molecular weight excluding hydrogens is 333 g/mol. The predicted octanol–water partition coefficient (Wildman–Crippen LogP) is 4.40. The molecule has 128 valence electrons. The molecule has 0 aliphatic rings. The molecule has 0 spiro atoms. The molecule has 0 unspecified atom stereocenters. The normalized spacial score (nSPS) is 11.2. The lowest BCUT2D eigenvalue weighted by atomic mass is 10.1. The third kappa shape index (κ3) is 3.97. The number of alkyl halides is 3. The van der Waals surface area contributed by atoms with Crippen molar-refractivity contribution in [3.63, 3.8) is 0 Å². The Morgan fingerprint density at radius 3 is 2.36 bits per heavy atom. The summed E-state index contributed by atoms with van der Waals surface area (Å²) in [7, 11) is 0. The maximum Gasteiger partial charge on any atom is 0.433 e. The Labute approximate surface area is 140 Å². The van der Waals surface area contributed by atoms with Crippen molar-refractivity contribution in [1.29, 1.82) is 0 Å². The number of anilines is 2. The minimum atomic E-state index is -4.59. The lowest BCUT2D eigenvalue weighted by Crippen LogP contribution is -2.33. The van der Waals surface area contributed by atoms with E-state index in [1.165, 1.54) is 6.07 Å². The molecule has 8 heteroatoms. The number of rotatable bonds is 3. The lowest BCUT2D eigenvalue weighted by molar-refractivity contribution is -0.140. The fourth-order valence-electron chi connectivity index (χ4n) is 2.23. The van der Waals surface area contributed by atoms with Gasteiger partial charge in [-0.05, 0) is 24.3 Å². The number of carbonyl (C=O) groups is 1. The van der Waals surface area contributed by atoms with Crippen LogP contribution in [-0.4, -0.2) is 11.0 Å². The maximum atomic E-state index is 13.0. The van der Waals surface area contributed by atoms with Crippen LogP contribution in [0, 0.1) is 0 Å². The largest absolute Gasteiger partial charge is 0.433 e. The number of aromatic nitrogens is 1. The van der Waals surface area contributed by atoms with E-state index in [2.05, 4.69) is 21.2 Å². The number of nitrogens with one attached hydrogen (secondary N) is 3. The molecule has 1 heterocycles. The van der Waals surface area contributed by atoms with Crippen molar-refractivity contribution in [2.75, 3.05) is 10.7 Å². The van der Waals surface area contributed by atoms with Gasteiger partial charge in [0, 0.05) is 11.1 Å². The standard InChI is InChI=1S/C17H13F3N4O/c18-17(19,20)15-10-14(12-8-4-5-9-13(12)22-15)23-24-16(25)21-11-6-2-1-3-7-11/h1-10H,(H,22,23)(H2,21,24,25). The van der Waals surface area contributed by atoms with Crippen LogP contribution in [-0.2, 0) is 6.18 Å². The lowest BCUT2D eigenvalue weighted by Gasteiger charge is -2.14. The summed E-state index contributed by atoms with van der Waals surface area (Å²) in [5, 5.41) is 3.01. The third-order valence-corrected chi connectivity index (χ3v) is 3.35. The van der Waals surface area contributed by atoms with E-state index in [-0.39, 0.29) is 11.2 Å². The van der Waals surface area contributed by atoms with Gasteiger partial charge in [-0.1, -0.05) is 36.4 Å². The van der Waals surface area contributed by atoms with Crippen molar-refractivity contribution in [3.8, 4) is 0 Å². The van der Waals surface area contributed by atoms with Crippen LogP contribution in [0.4, 0.5) is 29.3 Å². The number of hydrogen-bond donors (Lipinski definition) is 3. The molecule has 25 heavy (non-hydrogen) atoms. The number of pyridine rings is 1. The number of halogens is 3. The molecule has 0 bridgehead atoms. The Hall–Kier alpha value is -3.29. The molecule has 0 saturated heterocycles. The number of hydrogen-bond acceptors (Lipinski definition) is 3. The zero-order valence-corrected chi connectivity index (χ0v) is 12.8. The number of fused-ring (bicyclic) bond motifs is 1. The Morgan fingerprint density at radius 2 is 1.64 bits per heavy atom. The minimum Gasteiger partial charge on any atom is -0.307 e. The van der Waals surface area contributed by atoms with E-state index in [4.69, 9.17) is 0 Å². The summed E-state index contributed by atoms with van der Waals surface area (Å²) in [5.74, 6) is 0. The van der Waals surface area contributed by atoms with Gasteiger partial charge in [0.1, 0.15) is 5.69 Å². The van der Waals surface area contributed by atoms with Gasteiger partial charge in [0.15, 0.2) is 0 Å². The molecule has 3 rings (SSSR count). The van der Waals surface area contributed by atoms with Gasteiger partial charge >= 0.3 is 12.2 Å². The number of benzene rings is 2. The molecular formula is C17H13F3N4O. The first-order valence-corrected chi connectivity index (χ1v) is 7.28. The quantitative estimate of drug-likeness (QED) is 0.616. The topological polar surface area (TPSA) is 66.0 Å². The molecule has 0 atom stereocenters. The Morgan fingerprint density at radius 1 is 0.960 bits per heavy atom. The van der Waals surface area contributed by atoms with Crippen LogP contribution < -0.4 is 16.2 Å². The molecule has 5 nitrogen and oxygen atoms in total. The van der Waals surface area contributed by atoms with Crippen LogP contribution in [0.2, 0.25) is 0 Å². The molecule has 0 radical (unpaired) electrons. The monoisotopic (exact) mass is 346 g/mol. The van der Waals surface area contributed by atoms with E-state index >= 15 is 0 Å². The van der Waals surface area contributed by atoms with Crippen LogP contribution in [0.25, 0.3) is 10.9 Å². The predicted molar refractivity (Wildman–Crippen MR) is 89.0 cm³/mol. The molecule has 2 amide bonds. The van der Waals surface area contributed by atoms with Crippen LogP contribution in [0.1, 0.15) is 5.69 Å². The van der Waals surface area contributed by atoms with Crippen LogP contribution in [0.3, 0.4) is 0 Å². The van der Waals surface area contributed by atoms with Crippen molar-refractivity contribution in [2.45, 2.75) is 6.18 Å². The summed E-state index contributed by atoms with van der Waals surface area (Å²) in [5.41, 5.74) is 4.62. The van der Waals surface area contributed by atoms with Crippen molar-refractivity contribution in [3.05, 3.63) is 66.4 Å². The average molecular weight is 346 g/mol. The summed E-state index contributed by atoms with van der Waals surface area (Å²) in [6.45, 7) is 0. The van der Waals surface area contributed by atoms with Crippen molar-refractivity contribution >= 4 is 28.3 Å². The van der Waals surface area contributed by atoms with Gasteiger partial charge in [-0.2, -0.15) is 13.2 Å². The molecule has 0 aliphatic heterocycles. The molecule has 0 saturated carbocycles. The van der Waals surface area contributed by atoms with Gasteiger partial charge in [0.05, 0.1) is 11.2 Å². The first kappa shape index (κ1) is 16.6. The van der Waals surface area contributed by atoms with Crippen LogP contribution in [0.15, 0.2) is 60.7 Å². The van der Waals surface area contributed by atoms with E-state index in [0.29, 0.717) is 11.1 Å². The summed E-state index contributed by atoms with van der Waals surface area (Å²) >= 11 is 0. The van der Waals surface area contributed by atoms with Gasteiger partial charge in [-0.15, -0.1) is 0 Å². The number of hydrazine groups is 1. The number of nitrogens with zero attached hydrogens (tertiary/aromatic N) is 1. The number of carbonyl (C=O) groups excluding carboxylic acids is 1. The zero-order chi connectivity index (χ0) is 17.9. The van der Waals surface area contributed by atoms with Crippen molar-refractivity contribution in [2.24, 2.45) is 0 Å². The van der Waals surface area contributed by atoms with E-state index < -0.39 is 17.9 Å². The van der Waals surface area contributed by atoms with E-state index in [1.807, 2.05) is 0 Å². The SMILES string of the molecule is O=C(NNc1cc(C(F)(F)F)nc2ccccc12)Nc1ccccc1. The third-order valence-electron chi connectivity index (χ3n) is 3.35. The molecule has 3 N–H and O–H groups in total. The molecule has 1 aromatic heterocycles. The first-order valence-electron chi connectivity index (χ1n) is 7.28. The van der Waals surface area contributed by atoms with E-state index in [0.717, 1.165) is 6.07 Å². The van der Waals surface area contributed by atoms with Gasteiger partial charge < -0.3 is 5.32 Å². The second-order valence-electron chi connectivity index (χ2n) is 5.14. The molecule has 0 aliphatic carbocycles. The first-order chi connectivity index (χ1) is 11.9. The van der Waals surface area contributed by atoms with Crippen LogP contribution in [0.5, 0.6) is 0 Å². The van der Waals surface area contributed by atoms with Crippen molar-refractivity contribution < 1.29 is 18.0 Å². The van der Waals surface area contributed by atoms with Crippen LogP contribution >= 0.6 is 0 Å². The fourth-order valence-corrected chi connectivity index (χ4v) is 2.23. The maximum absolute atomic E-state index is 13.0. The second kappa shape index (κ2) is 6.68. The smallest absolute Gasteiger partial charge is 0.307 e. The number of urea groups is 1. The number of para-hydroxylation sites is 2. The van der Waals surface area contributed by atoms with E-state index in [1.54, 1.807) is 48.5 Å². The highest BCUT2D eigenvalue weighted by Gasteiger charge is 2.33. The van der Waals surface area contributed by atoms with E-state index in [9.17, 15) is 18.0 Å². The van der Waals surface area contributed by atoms with Gasteiger partial charge in [-0.25, -0.2) is 9.78 Å². The number of amides is 2. The average Bonchev–Trinajstić information content (AvgIpc) is 2.59. The van der Waals surface area contributed by atoms with Crippen molar-refractivity contribution in [1.82, 2.24) is 10.4 Å². The highest BCUT2D eigenvalue weighted by molar-refractivity contribution is 5.94. The summed E-state index contributed by atoms with van der Waals surface area (Å²) < 4.78 is 39.0. The highest BCUT2D eigenvalue weighted by atomic mass is 19.4. The molecule has 2 aromatic carbocycles. The fraction of sp³-hybridized carbons (Fsp3) is 0.0588. The van der Waals surface area contributed by atoms with Gasteiger partial charge in [-0.3, -0.25) is 10.9 Å². The summed E-state index contributed by atoms with van der Waals surface area (Å²) in [6, 6.07) is 15.2. The Bertz CT molecular complexity index is 897.